The summed E-state index contributed by atoms with van der Waals surface area (Å²) in [6.45, 7) is 8.64. The normalized spacial score (nSPS) is 15.8. The molecule has 0 amide bonds. The molecule has 2 N–H and O–H groups in total. The van der Waals surface area contributed by atoms with Crippen LogP contribution in [0.1, 0.15) is 19.4 Å². The molecule has 0 spiro atoms. The van der Waals surface area contributed by atoms with Gasteiger partial charge in [0.25, 0.3) is 5.56 Å². The summed E-state index contributed by atoms with van der Waals surface area (Å²) < 4.78 is 8.86. The van der Waals surface area contributed by atoms with Crippen molar-refractivity contribution in [1.82, 2.24) is 24.0 Å². The molecule has 1 aromatic carbocycles. The van der Waals surface area contributed by atoms with Crippen molar-refractivity contribution in [3.8, 4) is 5.75 Å². The Bertz CT molecular complexity index is 1220. The number of benzene rings is 1. The van der Waals surface area contributed by atoms with Gasteiger partial charge in [-0.1, -0.05) is 26.0 Å². The molecule has 1 fully saturated rings. The number of aryl methyl sites for hydroxylation is 2. The molecule has 0 aliphatic carbocycles. The Morgan fingerprint density at radius 1 is 1.18 bits per heavy atom. The fourth-order valence-electron chi connectivity index (χ4n) is 4.21. The molecule has 4 rings (SSSR count). The number of H-pyrrole nitrogens is 1. The van der Waals surface area contributed by atoms with Gasteiger partial charge in [-0.05, 0) is 30.7 Å². The molecule has 33 heavy (non-hydrogen) atoms. The summed E-state index contributed by atoms with van der Waals surface area (Å²) in [7, 11) is 1.58. The molecule has 10 heteroatoms. The van der Waals surface area contributed by atoms with Gasteiger partial charge in [0, 0.05) is 33.2 Å². The van der Waals surface area contributed by atoms with Gasteiger partial charge in [-0.15, -0.1) is 0 Å². The number of piperazine rings is 1. The van der Waals surface area contributed by atoms with Crippen molar-refractivity contribution in [3.63, 3.8) is 0 Å². The van der Waals surface area contributed by atoms with Gasteiger partial charge in [-0.2, -0.15) is 4.98 Å². The van der Waals surface area contributed by atoms with Crippen LogP contribution >= 0.6 is 0 Å². The van der Waals surface area contributed by atoms with Crippen molar-refractivity contribution in [3.05, 3.63) is 50.7 Å². The zero-order valence-electron chi connectivity index (χ0n) is 19.5. The van der Waals surface area contributed by atoms with E-state index >= 15 is 0 Å². The van der Waals surface area contributed by atoms with E-state index < -0.39 is 17.4 Å². The largest absolute Gasteiger partial charge is 0.491 e. The number of fused-ring (bicyclic) bond motifs is 1. The zero-order chi connectivity index (χ0) is 23.5. The van der Waals surface area contributed by atoms with Gasteiger partial charge in [-0.3, -0.25) is 14.3 Å². The van der Waals surface area contributed by atoms with Gasteiger partial charge in [0.2, 0.25) is 5.95 Å². The van der Waals surface area contributed by atoms with E-state index in [4.69, 9.17) is 4.74 Å². The van der Waals surface area contributed by atoms with Crippen molar-refractivity contribution in [2.45, 2.75) is 32.9 Å². The molecular weight excluding hydrogens is 424 g/mol. The third kappa shape index (κ3) is 4.81. The van der Waals surface area contributed by atoms with Crippen LogP contribution < -0.4 is 20.9 Å². The maximum atomic E-state index is 12.7. The van der Waals surface area contributed by atoms with Gasteiger partial charge < -0.3 is 24.2 Å². The number of aliphatic hydroxyl groups excluding tert-OH is 1. The quantitative estimate of drug-likeness (QED) is 0.510. The van der Waals surface area contributed by atoms with E-state index in [0.29, 0.717) is 17.3 Å². The number of aromatic amines is 1. The lowest BCUT2D eigenvalue weighted by Gasteiger charge is -2.35. The predicted octanol–water partition coefficient (Wildman–Crippen LogP) is 0.568. The van der Waals surface area contributed by atoms with Crippen LogP contribution in [-0.4, -0.2) is 74.5 Å². The summed E-state index contributed by atoms with van der Waals surface area (Å²) in [4.78, 5) is 36.3. The molecule has 3 aromatic rings. The van der Waals surface area contributed by atoms with E-state index in [1.165, 1.54) is 4.57 Å². The highest BCUT2D eigenvalue weighted by Gasteiger charge is 2.25. The number of imidazole rings is 1. The average Bonchev–Trinajstić information content (AvgIpc) is 3.21. The summed E-state index contributed by atoms with van der Waals surface area (Å²) >= 11 is 0. The monoisotopic (exact) mass is 456 g/mol. The van der Waals surface area contributed by atoms with Crippen LogP contribution in [0.25, 0.3) is 11.2 Å². The lowest BCUT2D eigenvalue weighted by Crippen LogP contribution is -2.47. The van der Waals surface area contributed by atoms with E-state index in [1.807, 2.05) is 24.3 Å². The highest BCUT2D eigenvalue weighted by molar-refractivity contribution is 5.74. The Labute approximate surface area is 192 Å². The molecule has 0 saturated carbocycles. The molecule has 3 heterocycles. The Hall–Kier alpha value is -3.11. The summed E-state index contributed by atoms with van der Waals surface area (Å²) in [5.74, 6) is 1.28. The summed E-state index contributed by atoms with van der Waals surface area (Å²) in [5.41, 5.74) is 0.711. The molecule has 0 radical (unpaired) electrons. The van der Waals surface area contributed by atoms with Gasteiger partial charge in [0.05, 0.1) is 6.54 Å². The maximum Gasteiger partial charge on any atom is 0.329 e. The van der Waals surface area contributed by atoms with E-state index in [9.17, 15) is 14.7 Å². The minimum atomic E-state index is -0.875. The van der Waals surface area contributed by atoms with Crippen LogP contribution in [0.4, 0.5) is 5.95 Å². The number of rotatable bonds is 8. The first-order valence-corrected chi connectivity index (χ1v) is 11.5. The number of ether oxygens (including phenoxy) is 1. The maximum absolute atomic E-state index is 12.7. The SMILES string of the molecule is CCc1cccc(OC[C@@H](O)Cn2c(N3CCN(CC)CC3)nc3c2c(=O)[nH]c(=O)n3C)c1. The molecule has 1 aliphatic rings. The number of nitrogens with one attached hydrogen (secondary N) is 1. The second kappa shape index (κ2) is 9.80. The molecule has 0 unspecified atom stereocenters. The van der Waals surface area contributed by atoms with Gasteiger partial charge in [-0.25, -0.2) is 4.79 Å². The van der Waals surface area contributed by atoms with Crippen molar-refractivity contribution < 1.29 is 9.84 Å². The minimum absolute atomic E-state index is 0.0690. The smallest absolute Gasteiger partial charge is 0.329 e. The van der Waals surface area contributed by atoms with Gasteiger partial charge in [0.1, 0.15) is 18.5 Å². The number of hydrogen-bond acceptors (Lipinski definition) is 7. The third-order valence-electron chi connectivity index (χ3n) is 6.23. The molecule has 0 bridgehead atoms. The number of aliphatic hydroxyl groups is 1. The molecule has 10 nitrogen and oxygen atoms in total. The summed E-state index contributed by atoms with van der Waals surface area (Å²) in [6, 6.07) is 7.77. The van der Waals surface area contributed by atoms with Crippen LogP contribution in [0.5, 0.6) is 5.75 Å². The number of nitrogens with zero attached hydrogens (tertiary/aromatic N) is 5. The molecule has 178 valence electrons. The Morgan fingerprint density at radius 2 is 1.94 bits per heavy atom. The fourth-order valence-corrected chi connectivity index (χ4v) is 4.21. The van der Waals surface area contributed by atoms with Gasteiger partial charge in [0.15, 0.2) is 11.2 Å². The first-order valence-electron chi connectivity index (χ1n) is 11.5. The molecule has 1 atom stereocenters. The topological polar surface area (TPSA) is 109 Å². The summed E-state index contributed by atoms with van der Waals surface area (Å²) in [5, 5.41) is 10.8. The Kier molecular flexibility index (Phi) is 6.85. The predicted molar refractivity (Wildman–Crippen MR) is 127 cm³/mol. The van der Waals surface area contributed by atoms with Crippen LogP contribution in [-0.2, 0) is 20.0 Å². The lowest BCUT2D eigenvalue weighted by atomic mass is 10.2. The molecule has 1 saturated heterocycles. The number of aromatic nitrogens is 4. The first-order chi connectivity index (χ1) is 15.9. The molecule has 1 aliphatic heterocycles. The van der Waals surface area contributed by atoms with Crippen molar-refractivity contribution in [1.29, 1.82) is 0 Å². The van der Waals surface area contributed by atoms with Crippen LogP contribution in [0.15, 0.2) is 33.9 Å². The molecular formula is C23H32N6O4. The van der Waals surface area contributed by atoms with Crippen molar-refractivity contribution in [2.75, 3.05) is 44.2 Å². The minimum Gasteiger partial charge on any atom is -0.491 e. The second-order valence-corrected chi connectivity index (χ2v) is 8.40. The third-order valence-corrected chi connectivity index (χ3v) is 6.23. The standard InChI is InChI=1S/C23H32N6O4/c1-4-16-7-6-8-18(13-16)33-15-17(30)14-29-19-20(26(3)23(32)25-21(19)31)24-22(29)28-11-9-27(5-2)10-12-28/h6-8,13,17,30H,4-5,9-12,14-15H2,1-3H3,(H,25,31,32)/t17-/m0/s1. The number of hydrogen-bond donors (Lipinski definition) is 2. The number of likely N-dealkylation sites (N-methyl/N-ethyl adjacent to an activating group) is 1. The van der Waals surface area contributed by atoms with Gasteiger partial charge >= 0.3 is 5.69 Å². The highest BCUT2D eigenvalue weighted by Crippen LogP contribution is 2.22. The molecule has 2 aromatic heterocycles. The van der Waals surface area contributed by atoms with Crippen LogP contribution in [0, 0.1) is 0 Å². The van der Waals surface area contributed by atoms with E-state index in [-0.39, 0.29) is 18.7 Å². The van der Waals surface area contributed by atoms with Crippen molar-refractivity contribution >= 4 is 17.1 Å². The van der Waals surface area contributed by atoms with E-state index in [0.717, 1.165) is 44.7 Å². The number of anilines is 1. The highest BCUT2D eigenvalue weighted by atomic mass is 16.5. The van der Waals surface area contributed by atoms with E-state index in [1.54, 1.807) is 11.6 Å². The van der Waals surface area contributed by atoms with Crippen LogP contribution in [0.2, 0.25) is 0 Å². The lowest BCUT2D eigenvalue weighted by molar-refractivity contribution is 0.0935. The fraction of sp³-hybridized carbons (Fsp3) is 0.522. The van der Waals surface area contributed by atoms with Crippen molar-refractivity contribution in [2.24, 2.45) is 7.05 Å². The van der Waals surface area contributed by atoms with Crippen LogP contribution in [0.3, 0.4) is 0 Å². The Morgan fingerprint density at radius 3 is 2.64 bits per heavy atom. The first kappa shape index (κ1) is 23.1. The summed E-state index contributed by atoms with van der Waals surface area (Å²) in [6.07, 6.45) is 0.0247. The Balaban J connectivity index is 1.62. The second-order valence-electron chi connectivity index (χ2n) is 8.40. The zero-order valence-corrected chi connectivity index (χ0v) is 19.5. The van der Waals surface area contributed by atoms with E-state index in [2.05, 4.69) is 33.6 Å². The average molecular weight is 457 g/mol.